The molecule has 2 heterocycles. The van der Waals surface area contributed by atoms with Gasteiger partial charge in [0.2, 0.25) is 0 Å². The van der Waals surface area contributed by atoms with Gasteiger partial charge in [-0.3, -0.25) is 0 Å². The minimum absolute atomic E-state index is 0.299. The lowest BCUT2D eigenvalue weighted by atomic mass is 10.0. The van der Waals surface area contributed by atoms with E-state index in [2.05, 4.69) is 34.7 Å². The van der Waals surface area contributed by atoms with Gasteiger partial charge in [0.25, 0.3) is 0 Å². The highest BCUT2D eigenvalue weighted by atomic mass is 16.2. The summed E-state index contributed by atoms with van der Waals surface area (Å²) in [4.78, 5) is 16.1. The fourth-order valence-electron chi connectivity index (χ4n) is 3.05. The molecule has 0 saturated carbocycles. The van der Waals surface area contributed by atoms with Crippen molar-refractivity contribution in [3.05, 3.63) is 36.0 Å². The van der Waals surface area contributed by atoms with Gasteiger partial charge in [-0.1, -0.05) is 18.2 Å². The zero-order valence-corrected chi connectivity index (χ0v) is 12.1. The molecule has 1 aromatic heterocycles. The van der Waals surface area contributed by atoms with E-state index in [9.17, 15) is 4.79 Å². The number of amides is 2. The minimum Gasteiger partial charge on any atom is -0.361 e. The lowest BCUT2D eigenvalue weighted by Gasteiger charge is -2.31. The molecule has 2 amide bonds. The van der Waals surface area contributed by atoms with Crippen LogP contribution in [-0.4, -0.2) is 41.6 Å². The molecular formula is C16H22N4O. The van der Waals surface area contributed by atoms with E-state index in [0.717, 1.165) is 38.9 Å². The van der Waals surface area contributed by atoms with E-state index in [-0.39, 0.29) is 6.03 Å². The van der Waals surface area contributed by atoms with Crippen LogP contribution in [0.3, 0.4) is 0 Å². The number of hydrogen-bond donors (Lipinski definition) is 3. The Hall–Kier alpha value is -2.01. The summed E-state index contributed by atoms with van der Waals surface area (Å²) in [5, 5.41) is 4.90. The maximum atomic E-state index is 11.1. The number of hydrogen-bond acceptors (Lipinski definition) is 2. The molecular weight excluding hydrogens is 264 g/mol. The van der Waals surface area contributed by atoms with Crippen LogP contribution < -0.4 is 11.1 Å². The SMILES string of the molecule is NC(=O)N1CCC(NCCc2c[nH]c3ccccc23)CC1. The number of nitrogens with zero attached hydrogens (tertiary/aromatic N) is 1. The first-order chi connectivity index (χ1) is 10.2. The van der Waals surface area contributed by atoms with Crippen LogP contribution in [0.25, 0.3) is 10.9 Å². The number of piperidine rings is 1. The van der Waals surface area contributed by atoms with Gasteiger partial charge in [0, 0.05) is 36.2 Å². The maximum Gasteiger partial charge on any atom is 0.314 e. The molecule has 112 valence electrons. The Labute approximate surface area is 124 Å². The van der Waals surface area contributed by atoms with Gasteiger partial charge in [0.1, 0.15) is 0 Å². The molecule has 5 heteroatoms. The van der Waals surface area contributed by atoms with Gasteiger partial charge >= 0.3 is 6.03 Å². The highest BCUT2D eigenvalue weighted by Crippen LogP contribution is 2.18. The minimum atomic E-state index is -0.299. The van der Waals surface area contributed by atoms with Crippen molar-refractivity contribution in [2.45, 2.75) is 25.3 Å². The van der Waals surface area contributed by atoms with Crippen molar-refractivity contribution in [2.24, 2.45) is 5.73 Å². The number of H-pyrrole nitrogens is 1. The fourth-order valence-corrected chi connectivity index (χ4v) is 3.05. The molecule has 0 unspecified atom stereocenters. The van der Waals surface area contributed by atoms with Crippen LogP contribution in [0.1, 0.15) is 18.4 Å². The van der Waals surface area contributed by atoms with E-state index >= 15 is 0 Å². The molecule has 3 rings (SSSR count). The third-order valence-corrected chi connectivity index (χ3v) is 4.31. The lowest BCUT2D eigenvalue weighted by molar-refractivity contribution is 0.185. The fraction of sp³-hybridized carbons (Fsp3) is 0.438. The van der Waals surface area contributed by atoms with Crippen molar-refractivity contribution in [1.82, 2.24) is 15.2 Å². The number of para-hydroxylation sites is 1. The van der Waals surface area contributed by atoms with Crippen LogP contribution >= 0.6 is 0 Å². The Morgan fingerprint density at radius 2 is 2.10 bits per heavy atom. The standard InChI is InChI=1S/C16H22N4O/c17-16(21)20-9-6-13(7-10-20)18-8-5-12-11-19-15-4-2-1-3-14(12)15/h1-4,11,13,18-19H,5-10H2,(H2,17,21). The quantitative estimate of drug-likeness (QED) is 0.802. The zero-order valence-electron chi connectivity index (χ0n) is 12.1. The van der Waals surface area contributed by atoms with Crippen molar-refractivity contribution in [3.63, 3.8) is 0 Å². The van der Waals surface area contributed by atoms with Crippen molar-refractivity contribution in [1.29, 1.82) is 0 Å². The molecule has 1 aliphatic heterocycles. The van der Waals surface area contributed by atoms with Crippen LogP contribution in [0.5, 0.6) is 0 Å². The van der Waals surface area contributed by atoms with Crippen LogP contribution in [0.15, 0.2) is 30.5 Å². The van der Waals surface area contributed by atoms with E-state index < -0.39 is 0 Å². The summed E-state index contributed by atoms with van der Waals surface area (Å²) < 4.78 is 0. The van der Waals surface area contributed by atoms with Gasteiger partial charge in [0.05, 0.1) is 0 Å². The molecule has 0 atom stereocenters. The summed E-state index contributed by atoms with van der Waals surface area (Å²) in [6.07, 6.45) is 5.08. The van der Waals surface area contributed by atoms with Gasteiger partial charge in [0.15, 0.2) is 0 Å². The summed E-state index contributed by atoms with van der Waals surface area (Å²) in [5.41, 5.74) is 7.84. The predicted molar refractivity (Wildman–Crippen MR) is 84.2 cm³/mol. The molecule has 0 radical (unpaired) electrons. The van der Waals surface area contributed by atoms with Crippen molar-refractivity contribution < 1.29 is 4.79 Å². The normalized spacial score (nSPS) is 16.5. The highest BCUT2D eigenvalue weighted by molar-refractivity contribution is 5.83. The summed E-state index contributed by atoms with van der Waals surface area (Å²) >= 11 is 0. The van der Waals surface area contributed by atoms with E-state index in [1.807, 2.05) is 6.07 Å². The second-order valence-electron chi connectivity index (χ2n) is 5.66. The molecule has 1 saturated heterocycles. The lowest BCUT2D eigenvalue weighted by Crippen LogP contribution is -2.47. The number of urea groups is 1. The number of likely N-dealkylation sites (tertiary alicyclic amines) is 1. The van der Waals surface area contributed by atoms with E-state index in [1.165, 1.54) is 16.5 Å². The van der Waals surface area contributed by atoms with Crippen molar-refractivity contribution in [2.75, 3.05) is 19.6 Å². The van der Waals surface area contributed by atoms with Crippen molar-refractivity contribution in [3.8, 4) is 0 Å². The van der Waals surface area contributed by atoms with Crippen LogP contribution in [0.2, 0.25) is 0 Å². The van der Waals surface area contributed by atoms with Crippen molar-refractivity contribution >= 4 is 16.9 Å². The topological polar surface area (TPSA) is 74.2 Å². The number of rotatable bonds is 4. The van der Waals surface area contributed by atoms with Crippen LogP contribution in [0, 0.1) is 0 Å². The molecule has 1 aliphatic rings. The van der Waals surface area contributed by atoms with Gasteiger partial charge in [-0.25, -0.2) is 4.79 Å². The number of fused-ring (bicyclic) bond motifs is 1. The number of primary amides is 1. The number of benzene rings is 1. The Kier molecular flexibility index (Phi) is 4.10. The van der Waals surface area contributed by atoms with E-state index in [1.54, 1.807) is 4.90 Å². The molecule has 0 spiro atoms. The average Bonchev–Trinajstić information content (AvgIpc) is 2.91. The van der Waals surface area contributed by atoms with Gasteiger partial charge < -0.3 is 20.9 Å². The Morgan fingerprint density at radius 1 is 1.33 bits per heavy atom. The number of carbonyl (C=O) groups excluding carboxylic acids is 1. The molecule has 1 aromatic carbocycles. The largest absolute Gasteiger partial charge is 0.361 e. The van der Waals surface area contributed by atoms with Crippen LogP contribution in [0.4, 0.5) is 4.79 Å². The number of carbonyl (C=O) groups is 1. The first-order valence-electron chi connectivity index (χ1n) is 7.57. The van der Waals surface area contributed by atoms with Crippen LogP contribution in [-0.2, 0) is 6.42 Å². The summed E-state index contributed by atoms with van der Waals surface area (Å²) in [6.45, 7) is 2.49. The molecule has 2 aromatic rings. The second kappa shape index (κ2) is 6.18. The first kappa shape index (κ1) is 13.9. The van der Waals surface area contributed by atoms with E-state index in [4.69, 9.17) is 5.73 Å². The maximum absolute atomic E-state index is 11.1. The summed E-state index contributed by atoms with van der Waals surface area (Å²) in [6, 6.07) is 8.58. The monoisotopic (exact) mass is 286 g/mol. The van der Waals surface area contributed by atoms with Gasteiger partial charge in [-0.2, -0.15) is 0 Å². The molecule has 5 nitrogen and oxygen atoms in total. The average molecular weight is 286 g/mol. The zero-order chi connectivity index (χ0) is 14.7. The smallest absolute Gasteiger partial charge is 0.314 e. The second-order valence-corrected chi connectivity index (χ2v) is 5.66. The predicted octanol–water partition coefficient (Wildman–Crippen LogP) is 1.84. The van der Waals surface area contributed by atoms with Gasteiger partial charge in [-0.15, -0.1) is 0 Å². The van der Waals surface area contributed by atoms with E-state index in [0.29, 0.717) is 6.04 Å². The number of nitrogens with one attached hydrogen (secondary N) is 2. The molecule has 21 heavy (non-hydrogen) atoms. The highest BCUT2D eigenvalue weighted by Gasteiger charge is 2.20. The third-order valence-electron chi connectivity index (χ3n) is 4.31. The Bertz CT molecular complexity index is 614. The third kappa shape index (κ3) is 3.19. The summed E-state index contributed by atoms with van der Waals surface area (Å²) in [7, 11) is 0. The molecule has 4 N–H and O–H groups in total. The number of nitrogens with two attached hydrogens (primary N) is 1. The van der Waals surface area contributed by atoms with Gasteiger partial charge in [-0.05, 0) is 37.4 Å². The number of aromatic nitrogens is 1. The summed E-state index contributed by atoms with van der Waals surface area (Å²) in [5.74, 6) is 0. The molecule has 1 fully saturated rings. The Morgan fingerprint density at radius 3 is 2.86 bits per heavy atom. The Balaban J connectivity index is 1.48. The number of aromatic amines is 1. The first-order valence-corrected chi connectivity index (χ1v) is 7.57. The molecule has 0 aliphatic carbocycles. The molecule has 0 bridgehead atoms.